The Bertz CT molecular complexity index is 2430. The van der Waals surface area contributed by atoms with E-state index in [0.717, 1.165) is 141 Å². The van der Waals surface area contributed by atoms with Gasteiger partial charge in [0.2, 0.25) is 0 Å². The number of hydrogen-bond donors (Lipinski definition) is 4. The van der Waals surface area contributed by atoms with Crippen molar-refractivity contribution in [2.24, 2.45) is 0 Å². The van der Waals surface area contributed by atoms with E-state index in [2.05, 4.69) is 142 Å². The van der Waals surface area contributed by atoms with E-state index in [1.165, 1.54) is 167 Å². The standard InChI is InChI=1S/C89H156O16P2/c1-4-7-10-13-16-19-22-24-26-28-30-32-34-36-37-38-39-40-41-42-43-44-45-47-49-50-52-54-56-58-61-63-66-69-72-75-87(92)99-78-84(90)79-101-106(95,96)102-80-85(91)81-103-107(97,98)104-83-86(105-89(94)77-74-71-68-65-60-21-18-15-12-9-6-3)82-100-88(93)76-73-70-67-64-62-59-57-55-53-51-48-46-35-33-31-29-27-25-23-20-17-14-11-8-5-2/h8,11,16-17,19-20,24-27,30-33,36-37,46,48,53,55,84-86,90-91H,4-7,9-10,12-15,18,21-23,28-29,34-35,38-45,47,49-52,54,56-83H2,1-3H3,(H,95,96)(H,97,98)/b11-8-,19-16-,20-17-,26-24-,27-25-,32-30-,33-31-,37-36-,48-46-,55-53-. The molecule has 0 aliphatic carbocycles. The van der Waals surface area contributed by atoms with Gasteiger partial charge >= 0.3 is 33.6 Å². The quantitative estimate of drug-likeness (QED) is 0.0146. The van der Waals surface area contributed by atoms with Crippen molar-refractivity contribution in [2.45, 2.75) is 386 Å². The van der Waals surface area contributed by atoms with E-state index in [1.54, 1.807) is 0 Å². The molecule has 0 saturated carbocycles. The maximum absolute atomic E-state index is 12.9. The largest absolute Gasteiger partial charge is 0.472 e. The first-order chi connectivity index (χ1) is 52.2. The van der Waals surface area contributed by atoms with Gasteiger partial charge < -0.3 is 34.2 Å². The number of esters is 3. The van der Waals surface area contributed by atoms with Crippen LogP contribution in [0, 0.1) is 0 Å². The summed E-state index contributed by atoms with van der Waals surface area (Å²) >= 11 is 0. The summed E-state index contributed by atoms with van der Waals surface area (Å²) in [4.78, 5) is 58.6. The summed E-state index contributed by atoms with van der Waals surface area (Å²) in [6.45, 7) is 2.55. The third-order valence-electron chi connectivity index (χ3n) is 18.2. The van der Waals surface area contributed by atoms with Crippen LogP contribution < -0.4 is 0 Å². The van der Waals surface area contributed by atoms with Crippen LogP contribution in [0.5, 0.6) is 0 Å². The van der Waals surface area contributed by atoms with Crippen LogP contribution in [-0.4, -0.2) is 95.9 Å². The molecule has 0 spiro atoms. The van der Waals surface area contributed by atoms with Crippen molar-refractivity contribution in [2.75, 3.05) is 39.6 Å². The summed E-state index contributed by atoms with van der Waals surface area (Å²) in [6, 6.07) is 0. The number of allylic oxidation sites excluding steroid dienone is 20. The molecule has 0 aromatic carbocycles. The number of phosphoric acid groups is 2. The fourth-order valence-corrected chi connectivity index (χ4v) is 13.3. The lowest BCUT2D eigenvalue weighted by molar-refractivity contribution is -0.161. The predicted octanol–water partition coefficient (Wildman–Crippen LogP) is 25.7. The number of hydrogen-bond acceptors (Lipinski definition) is 14. The summed E-state index contributed by atoms with van der Waals surface area (Å²) < 4.78 is 61.2. The van der Waals surface area contributed by atoms with Gasteiger partial charge in [-0.25, -0.2) is 9.13 Å². The van der Waals surface area contributed by atoms with E-state index >= 15 is 0 Å². The van der Waals surface area contributed by atoms with Crippen molar-refractivity contribution in [1.82, 2.24) is 0 Å². The summed E-state index contributed by atoms with van der Waals surface area (Å²) in [5.41, 5.74) is 0. The molecule has 0 saturated heterocycles. The van der Waals surface area contributed by atoms with Crippen LogP contribution in [0.25, 0.3) is 0 Å². The van der Waals surface area contributed by atoms with Crippen LogP contribution in [-0.2, 0) is 55.8 Å². The number of unbranched alkanes of at least 4 members (excludes halogenated alkanes) is 38. The molecular weight excluding hydrogens is 1390 g/mol. The van der Waals surface area contributed by atoms with Crippen molar-refractivity contribution >= 4 is 33.6 Å². The Morgan fingerprint density at radius 3 is 0.804 bits per heavy atom. The lowest BCUT2D eigenvalue weighted by Gasteiger charge is -2.21. The van der Waals surface area contributed by atoms with Gasteiger partial charge in [-0.2, -0.15) is 0 Å². The molecule has 0 amide bonds. The zero-order chi connectivity index (χ0) is 78.0. The van der Waals surface area contributed by atoms with E-state index in [-0.39, 0.29) is 19.3 Å². The lowest BCUT2D eigenvalue weighted by atomic mass is 10.0. The third kappa shape index (κ3) is 82.7. The van der Waals surface area contributed by atoms with Gasteiger partial charge in [0, 0.05) is 19.3 Å². The number of carbonyl (C=O) groups is 3. The molecule has 0 aromatic heterocycles. The van der Waals surface area contributed by atoms with Gasteiger partial charge in [-0.15, -0.1) is 0 Å². The van der Waals surface area contributed by atoms with E-state index in [9.17, 15) is 43.5 Å². The molecule has 0 fully saturated rings. The molecule has 0 bridgehead atoms. The number of aliphatic hydroxyl groups is 2. The van der Waals surface area contributed by atoms with E-state index in [1.807, 2.05) is 0 Å². The Morgan fingerprint density at radius 2 is 0.495 bits per heavy atom. The van der Waals surface area contributed by atoms with Gasteiger partial charge in [0.15, 0.2) is 6.10 Å². The molecule has 0 radical (unpaired) electrons. The Morgan fingerprint density at radius 1 is 0.271 bits per heavy atom. The highest BCUT2D eigenvalue weighted by molar-refractivity contribution is 7.47. The second-order valence-electron chi connectivity index (χ2n) is 28.6. The molecular formula is C89H156O16P2. The topological polar surface area (TPSA) is 231 Å². The molecule has 0 rings (SSSR count). The first kappa shape index (κ1) is 103. The monoisotopic (exact) mass is 1540 g/mol. The van der Waals surface area contributed by atoms with Gasteiger partial charge in [-0.1, -0.05) is 354 Å². The Hall–Kier alpha value is -4.05. The minimum Gasteiger partial charge on any atom is -0.463 e. The average Bonchev–Trinajstić information content (AvgIpc) is 0.909. The molecule has 0 aliphatic rings. The Labute approximate surface area is 653 Å². The van der Waals surface area contributed by atoms with Crippen LogP contribution in [0.2, 0.25) is 0 Å². The van der Waals surface area contributed by atoms with Crippen molar-refractivity contribution < 1.29 is 75.8 Å². The minimum absolute atomic E-state index is 0.102. The Kier molecular flexibility index (Phi) is 78.4. The van der Waals surface area contributed by atoms with E-state index in [0.29, 0.717) is 19.3 Å². The molecule has 0 aromatic rings. The summed E-state index contributed by atoms with van der Waals surface area (Å²) in [5, 5.41) is 20.7. The number of ether oxygens (including phenoxy) is 3. The molecule has 0 heterocycles. The number of phosphoric ester groups is 2. The zero-order valence-corrected chi connectivity index (χ0v) is 69.6. The summed E-state index contributed by atoms with van der Waals surface area (Å²) in [7, 11) is -9.79. The van der Waals surface area contributed by atoms with Crippen LogP contribution in [0.4, 0.5) is 0 Å². The zero-order valence-electron chi connectivity index (χ0n) is 67.8. The molecule has 107 heavy (non-hydrogen) atoms. The van der Waals surface area contributed by atoms with Crippen LogP contribution in [0.15, 0.2) is 122 Å². The predicted molar refractivity (Wildman–Crippen MR) is 445 cm³/mol. The molecule has 5 atom stereocenters. The second-order valence-corrected chi connectivity index (χ2v) is 31.5. The summed E-state index contributed by atoms with van der Waals surface area (Å²) in [6.07, 6.45) is 98.5. The van der Waals surface area contributed by atoms with Gasteiger partial charge in [-0.05, 0) is 116 Å². The molecule has 5 unspecified atom stereocenters. The highest BCUT2D eigenvalue weighted by atomic mass is 31.2. The maximum atomic E-state index is 12.9. The maximum Gasteiger partial charge on any atom is 0.472 e. The SMILES string of the molecule is CC/C=C\C/C=C\C/C=C\C/C=C\C/C=C\C/C=C\CCCCCCCCC(=O)OCC(COP(=O)(O)OCC(O)COP(=O)(O)OCC(O)COC(=O)CCCCCCCCCCCCCCCCCCCCC/C=C\C/C=C\C/C=C\C/C=C\CCCCC)OC(=O)CCCCCCCCCCCCC. The van der Waals surface area contributed by atoms with Gasteiger partial charge in [0.25, 0.3) is 0 Å². The number of rotatable bonds is 81. The highest BCUT2D eigenvalue weighted by Crippen LogP contribution is 2.45. The molecule has 18 heteroatoms. The van der Waals surface area contributed by atoms with Crippen molar-refractivity contribution in [3.8, 4) is 0 Å². The second kappa shape index (κ2) is 81.4. The normalized spacial score (nSPS) is 14.5. The smallest absolute Gasteiger partial charge is 0.463 e. The van der Waals surface area contributed by atoms with Crippen LogP contribution in [0.1, 0.15) is 367 Å². The molecule has 4 N–H and O–H groups in total. The van der Waals surface area contributed by atoms with Crippen molar-refractivity contribution in [3.05, 3.63) is 122 Å². The fourth-order valence-electron chi connectivity index (χ4n) is 11.7. The first-order valence-electron chi connectivity index (χ1n) is 42.8. The third-order valence-corrected chi connectivity index (χ3v) is 20.1. The van der Waals surface area contributed by atoms with Crippen LogP contribution in [0.3, 0.4) is 0 Å². The minimum atomic E-state index is -4.93. The first-order valence-corrected chi connectivity index (χ1v) is 45.8. The van der Waals surface area contributed by atoms with E-state index < -0.39 is 91.5 Å². The highest BCUT2D eigenvalue weighted by Gasteiger charge is 2.29. The summed E-state index contributed by atoms with van der Waals surface area (Å²) in [5.74, 6) is -1.58. The van der Waals surface area contributed by atoms with Crippen molar-refractivity contribution in [1.29, 1.82) is 0 Å². The van der Waals surface area contributed by atoms with Gasteiger partial charge in [-0.3, -0.25) is 32.5 Å². The Balaban J connectivity index is 4.35. The van der Waals surface area contributed by atoms with Gasteiger partial charge in [0.05, 0.1) is 26.4 Å². The van der Waals surface area contributed by atoms with Crippen molar-refractivity contribution in [3.63, 3.8) is 0 Å². The lowest BCUT2D eigenvalue weighted by Crippen LogP contribution is -2.30. The average molecular weight is 1540 g/mol. The van der Waals surface area contributed by atoms with Gasteiger partial charge in [0.1, 0.15) is 25.4 Å². The van der Waals surface area contributed by atoms with Crippen LogP contribution >= 0.6 is 15.6 Å². The number of aliphatic hydroxyl groups excluding tert-OH is 2. The fraction of sp³-hybridized carbons (Fsp3) is 0.742. The molecule has 0 aliphatic heterocycles. The molecule has 16 nitrogen and oxygen atoms in total. The number of carbonyl (C=O) groups excluding carboxylic acids is 3. The molecule has 618 valence electrons. The van der Waals surface area contributed by atoms with E-state index in [4.69, 9.17) is 32.3 Å².